The van der Waals surface area contributed by atoms with Crippen molar-refractivity contribution >= 4 is 16.7 Å². The third-order valence-corrected chi connectivity index (χ3v) is 11.0. The average Bonchev–Trinajstić information content (AvgIpc) is 3.34. The number of nitrogens with zero attached hydrogens (tertiary/aromatic N) is 3. The van der Waals surface area contributed by atoms with E-state index in [2.05, 4.69) is 30.9 Å². The van der Waals surface area contributed by atoms with E-state index in [1.807, 2.05) is 16.9 Å². The van der Waals surface area contributed by atoms with E-state index in [0.29, 0.717) is 17.7 Å². The molecule has 8 atom stereocenters. The molecular formula is C29H43N3O. The van der Waals surface area contributed by atoms with Gasteiger partial charge in [-0.05, 0) is 97.9 Å². The van der Waals surface area contributed by atoms with Gasteiger partial charge in [-0.2, -0.15) is 5.10 Å². The van der Waals surface area contributed by atoms with Crippen LogP contribution in [0.25, 0.3) is 10.9 Å². The Morgan fingerprint density at radius 1 is 1.06 bits per heavy atom. The van der Waals surface area contributed by atoms with Crippen molar-refractivity contribution in [2.75, 3.05) is 0 Å². The molecule has 4 heteroatoms. The lowest BCUT2D eigenvalue weighted by molar-refractivity contribution is -0.137. The predicted octanol–water partition coefficient (Wildman–Crippen LogP) is 6.93. The molecule has 4 saturated carbocycles. The number of pyridine rings is 1. The molecule has 6 rings (SSSR count). The molecule has 8 unspecified atom stereocenters. The summed E-state index contributed by atoms with van der Waals surface area (Å²) in [5, 5.41) is 5.68. The summed E-state index contributed by atoms with van der Waals surface area (Å²) in [5.74, 6) is 4.95. The first-order valence-electron chi connectivity index (χ1n) is 13.2. The van der Waals surface area contributed by atoms with Crippen molar-refractivity contribution in [1.82, 2.24) is 14.8 Å². The lowest BCUT2D eigenvalue weighted by atomic mass is 9.44. The Morgan fingerprint density at radius 2 is 1.85 bits per heavy atom. The highest BCUT2D eigenvalue weighted by Crippen LogP contribution is 2.67. The summed E-state index contributed by atoms with van der Waals surface area (Å²) in [6.07, 6.45) is 17.7. The van der Waals surface area contributed by atoms with Crippen LogP contribution < -0.4 is 0 Å². The molecule has 0 aliphatic heterocycles. The minimum atomic E-state index is 0. The van der Waals surface area contributed by atoms with Crippen LogP contribution in [0.3, 0.4) is 0 Å². The van der Waals surface area contributed by atoms with Crippen LogP contribution >= 0.6 is 0 Å². The van der Waals surface area contributed by atoms with Crippen LogP contribution in [-0.4, -0.2) is 20.5 Å². The van der Waals surface area contributed by atoms with Gasteiger partial charge in [0.2, 0.25) is 0 Å². The first-order chi connectivity index (χ1) is 15.4. The highest BCUT2D eigenvalue weighted by atomic mass is 16.1. The Labute approximate surface area is 199 Å². The molecular weight excluding hydrogens is 406 g/mol. The van der Waals surface area contributed by atoms with Crippen molar-refractivity contribution in [3.8, 4) is 0 Å². The third-order valence-electron chi connectivity index (χ3n) is 11.0. The zero-order valence-electron chi connectivity index (χ0n) is 20.1. The van der Waals surface area contributed by atoms with E-state index in [1.165, 1.54) is 51.4 Å². The zero-order valence-corrected chi connectivity index (χ0v) is 20.1. The molecule has 4 fully saturated rings. The summed E-state index contributed by atoms with van der Waals surface area (Å²) in [5.41, 5.74) is 1.63. The molecule has 4 nitrogen and oxygen atoms in total. The fourth-order valence-corrected chi connectivity index (χ4v) is 9.27. The number of carbonyl (C=O) groups excluding carboxylic acids is 1. The summed E-state index contributed by atoms with van der Waals surface area (Å²) in [7, 11) is 0. The molecule has 180 valence electrons. The SMILES string of the molecule is C.CC1CCC2(C)C(CCC3C2CCC2(C)C(C(=O)Cn4cc5ccncc5n4)CCC32)C1. The van der Waals surface area contributed by atoms with Crippen molar-refractivity contribution in [2.24, 2.45) is 46.3 Å². The maximum absolute atomic E-state index is 13.6. The smallest absolute Gasteiger partial charge is 0.157 e. The number of ketones is 1. The second kappa shape index (κ2) is 8.20. The standard InChI is InChI=1S/C28H39N3O.CH4/c1-18-8-11-27(2)20(14-18)4-5-21-22-6-7-24(28(22,3)12-9-23(21)27)26(32)17-31-16-19-10-13-29-15-25(19)30-31;/h10,13,15-16,18,20-24H,4-9,11-12,14,17H2,1-3H3;1H4. The van der Waals surface area contributed by atoms with Crippen LogP contribution in [0.2, 0.25) is 0 Å². The zero-order chi connectivity index (χ0) is 22.1. The first kappa shape index (κ1) is 23.1. The normalized spacial score (nSPS) is 42.2. The monoisotopic (exact) mass is 449 g/mol. The predicted molar refractivity (Wildman–Crippen MR) is 134 cm³/mol. The van der Waals surface area contributed by atoms with Gasteiger partial charge in [-0.3, -0.25) is 14.5 Å². The van der Waals surface area contributed by atoms with Gasteiger partial charge in [-0.1, -0.05) is 34.6 Å². The topological polar surface area (TPSA) is 47.8 Å². The largest absolute Gasteiger partial charge is 0.297 e. The first-order valence-corrected chi connectivity index (χ1v) is 13.2. The number of aromatic nitrogens is 3. The van der Waals surface area contributed by atoms with Gasteiger partial charge in [0.1, 0.15) is 5.52 Å². The second-order valence-corrected chi connectivity index (χ2v) is 12.4. The van der Waals surface area contributed by atoms with E-state index in [4.69, 9.17) is 0 Å². The van der Waals surface area contributed by atoms with Gasteiger partial charge in [-0.25, -0.2) is 0 Å². The lowest BCUT2D eigenvalue weighted by Gasteiger charge is -2.61. The molecule has 0 saturated heterocycles. The number of rotatable bonds is 3. The Morgan fingerprint density at radius 3 is 2.67 bits per heavy atom. The minimum absolute atomic E-state index is 0. The van der Waals surface area contributed by atoms with Gasteiger partial charge in [0.15, 0.2) is 5.78 Å². The average molecular weight is 450 g/mol. The molecule has 0 spiro atoms. The highest BCUT2D eigenvalue weighted by Gasteiger charge is 2.60. The van der Waals surface area contributed by atoms with Gasteiger partial charge in [-0.15, -0.1) is 0 Å². The Hall–Kier alpha value is -1.71. The van der Waals surface area contributed by atoms with Gasteiger partial charge in [0, 0.05) is 23.7 Å². The van der Waals surface area contributed by atoms with Gasteiger partial charge >= 0.3 is 0 Å². The number of Topliss-reactive ketones (excluding diaryl/α,β-unsaturated/α-hetero) is 1. The van der Waals surface area contributed by atoms with Crippen molar-refractivity contribution in [2.45, 2.75) is 92.5 Å². The summed E-state index contributed by atoms with van der Waals surface area (Å²) in [6.45, 7) is 8.01. The summed E-state index contributed by atoms with van der Waals surface area (Å²) in [6, 6.07) is 1.97. The molecule has 33 heavy (non-hydrogen) atoms. The number of fused-ring (bicyclic) bond motifs is 6. The fourth-order valence-electron chi connectivity index (χ4n) is 9.27. The summed E-state index contributed by atoms with van der Waals surface area (Å²) in [4.78, 5) is 17.7. The van der Waals surface area contributed by atoms with Crippen LogP contribution in [0.4, 0.5) is 0 Å². The molecule has 0 aromatic carbocycles. The van der Waals surface area contributed by atoms with E-state index in [0.717, 1.165) is 46.9 Å². The van der Waals surface area contributed by atoms with E-state index in [1.54, 1.807) is 12.4 Å². The van der Waals surface area contributed by atoms with Gasteiger partial charge in [0.05, 0.1) is 12.7 Å². The van der Waals surface area contributed by atoms with Gasteiger partial charge in [0.25, 0.3) is 0 Å². The summed E-state index contributed by atoms with van der Waals surface area (Å²) >= 11 is 0. The van der Waals surface area contributed by atoms with E-state index < -0.39 is 0 Å². The van der Waals surface area contributed by atoms with Crippen LogP contribution in [0.5, 0.6) is 0 Å². The van der Waals surface area contributed by atoms with Crippen LogP contribution in [-0.2, 0) is 11.3 Å². The third kappa shape index (κ3) is 3.49. The number of hydrogen-bond acceptors (Lipinski definition) is 3. The number of hydrogen-bond donors (Lipinski definition) is 0. The Bertz CT molecular complexity index is 996. The molecule has 2 aromatic rings. The van der Waals surface area contributed by atoms with Crippen LogP contribution in [0.15, 0.2) is 24.7 Å². The quantitative estimate of drug-likeness (QED) is 0.510. The minimum Gasteiger partial charge on any atom is -0.297 e. The Kier molecular flexibility index (Phi) is 5.73. The fraction of sp³-hybridized carbons (Fsp3) is 0.759. The van der Waals surface area contributed by atoms with Crippen LogP contribution in [0.1, 0.15) is 86.0 Å². The second-order valence-electron chi connectivity index (χ2n) is 12.4. The summed E-state index contributed by atoms with van der Waals surface area (Å²) < 4.78 is 1.85. The van der Waals surface area contributed by atoms with Crippen molar-refractivity contribution < 1.29 is 4.79 Å². The molecule has 0 N–H and O–H groups in total. The molecule has 4 aliphatic rings. The maximum atomic E-state index is 13.6. The maximum Gasteiger partial charge on any atom is 0.157 e. The van der Waals surface area contributed by atoms with Crippen molar-refractivity contribution in [1.29, 1.82) is 0 Å². The highest BCUT2D eigenvalue weighted by molar-refractivity contribution is 5.83. The number of carbonyl (C=O) groups is 1. The van der Waals surface area contributed by atoms with Crippen LogP contribution in [0, 0.1) is 46.3 Å². The Balaban J connectivity index is 0.00000228. The van der Waals surface area contributed by atoms with E-state index in [9.17, 15) is 4.79 Å². The van der Waals surface area contributed by atoms with E-state index >= 15 is 0 Å². The molecule has 0 bridgehead atoms. The van der Waals surface area contributed by atoms with Crippen molar-refractivity contribution in [3.63, 3.8) is 0 Å². The molecule has 4 aliphatic carbocycles. The molecule has 2 heterocycles. The molecule has 0 radical (unpaired) electrons. The molecule has 2 aromatic heterocycles. The van der Waals surface area contributed by atoms with E-state index in [-0.39, 0.29) is 18.8 Å². The van der Waals surface area contributed by atoms with Gasteiger partial charge < -0.3 is 0 Å². The molecule has 0 amide bonds. The lowest BCUT2D eigenvalue weighted by Crippen LogP contribution is -2.53. The van der Waals surface area contributed by atoms with Crippen molar-refractivity contribution in [3.05, 3.63) is 24.7 Å².